The van der Waals surface area contributed by atoms with E-state index in [0.717, 1.165) is 31.0 Å². The lowest BCUT2D eigenvalue weighted by atomic mass is 9.87. The fraction of sp³-hybridized carbons (Fsp3) is 0.625. The van der Waals surface area contributed by atoms with Crippen LogP contribution in [0.25, 0.3) is 0 Å². The molecule has 0 amide bonds. The summed E-state index contributed by atoms with van der Waals surface area (Å²) in [6.07, 6.45) is 8.68. The number of aryl methyl sites for hydroxylation is 1. The Labute approximate surface area is 120 Å². The molecule has 0 aromatic carbocycles. The van der Waals surface area contributed by atoms with Crippen LogP contribution in [0.15, 0.2) is 12.1 Å². The van der Waals surface area contributed by atoms with Crippen molar-refractivity contribution in [1.29, 1.82) is 0 Å². The van der Waals surface area contributed by atoms with Gasteiger partial charge < -0.3 is 10.4 Å². The number of hydrogen-bond acceptors (Lipinski definition) is 3. The first-order chi connectivity index (χ1) is 9.69. The zero-order chi connectivity index (χ0) is 14.4. The molecule has 20 heavy (non-hydrogen) atoms. The number of rotatable bonds is 6. The van der Waals surface area contributed by atoms with Crippen molar-refractivity contribution >= 4 is 11.8 Å². The highest BCUT2D eigenvalue weighted by Gasteiger charge is 2.13. The predicted octanol–water partition coefficient (Wildman–Crippen LogP) is 3.72. The number of nitrogens with one attached hydrogen (secondary N) is 1. The molecule has 0 atom stereocenters. The maximum Gasteiger partial charge on any atom is 0.335 e. The SMILES string of the molecule is CCc1cc(C(=O)O)cc(NCCC2CCCCC2)n1. The Hall–Kier alpha value is -1.58. The lowest BCUT2D eigenvalue weighted by Gasteiger charge is -2.21. The van der Waals surface area contributed by atoms with Gasteiger partial charge in [0.1, 0.15) is 5.82 Å². The quantitative estimate of drug-likeness (QED) is 0.831. The van der Waals surface area contributed by atoms with Crippen molar-refractivity contribution in [3.63, 3.8) is 0 Å². The maximum absolute atomic E-state index is 11.1. The Balaban J connectivity index is 1.91. The number of aromatic carboxylic acids is 1. The number of carboxylic acid groups (broad SMARTS) is 1. The third-order valence-electron chi connectivity index (χ3n) is 4.07. The van der Waals surface area contributed by atoms with Crippen LogP contribution in [0.3, 0.4) is 0 Å². The van der Waals surface area contributed by atoms with E-state index in [1.807, 2.05) is 6.92 Å². The molecular weight excluding hydrogens is 252 g/mol. The number of carboxylic acids is 1. The first-order valence-corrected chi connectivity index (χ1v) is 7.67. The maximum atomic E-state index is 11.1. The van der Waals surface area contributed by atoms with Gasteiger partial charge >= 0.3 is 5.97 Å². The largest absolute Gasteiger partial charge is 0.478 e. The van der Waals surface area contributed by atoms with Crippen molar-refractivity contribution in [3.05, 3.63) is 23.4 Å². The molecule has 0 radical (unpaired) electrons. The van der Waals surface area contributed by atoms with Gasteiger partial charge in [-0.1, -0.05) is 39.0 Å². The number of nitrogens with zero attached hydrogens (tertiary/aromatic N) is 1. The van der Waals surface area contributed by atoms with Crippen molar-refractivity contribution in [2.24, 2.45) is 5.92 Å². The molecule has 0 bridgehead atoms. The van der Waals surface area contributed by atoms with Gasteiger partial charge in [0.25, 0.3) is 0 Å². The van der Waals surface area contributed by atoms with Gasteiger partial charge in [0.05, 0.1) is 5.56 Å². The first kappa shape index (κ1) is 14.8. The molecular formula is C16H24N2O2. The van der Waals surface area contributed by atoms with Crippen LogP contribution in [0, 0.1) is 5.92 Å². The molecule has 4 heteroatoms. The normalized spacial score (nSPS) is 16.1. The first-order valence-electron chi connectivity index (χ1n) is 7.67. The average Bonchev–Trinajstić information content (AvgIpc) is 2.48. The molecule has 1 heterocycles. The summed E-state index contributed by atoms with van der Waals surface area (Å²) < 4.78 is 0. The third kappa shape index (κ3) is 4.22. The van der Waals surface area contributed by atoms with Gasteiger partial charge in [-0.2, -0.15) is 0 Å². The predicted molar refractivity (Wildman–Crippen MR) is 80.3 cm³/mol. The van der Waals surface area contributed by atoms with Gasteiger partial charge in [-0.3, -0.25) is 0 Å². The molecule has 2 N–H and O–H groups in total. The van der Waals surface area contributed by atoms with Crippen molar-refractivity contribution in [3.8, 4) is 0 Å². The highest BCUT2D eigenvalue weighted by Crippen LogP contribution is 2.26. The fourth-order valence-corrected chi connectivity index (χ4v) is 2.86. The Morgan fingerprint density at radius 2 is 2.10 bits per heavy atom. The monoisotopic (exact) mass is 276 g/mol. The van der Waals surface area contributed by atoms with Crippen LogP contribution in [0.5, 0.6) is 0 Å². The van der Waals surface area contributed by atoms with Gasteiger partial charge in [0.2, 0.25) is 0 Å². The van der Waals surface area contributed by atoms with Crippen LogP contribution in [-0.2, 0) is 6.42 Å². The third-order valence-corrected chi connectivity index (χ3v) is 4.07. The highest BCUT2D eigenvalue weighted by molar-refractivity contribution is 5.88. The summed E-state index contributed by atoms with van der Waals surface area (Å²) >= 11 is 0. The van der Waals surface area contributed by atoms with Crippen LogP contribution in [0.4, 0.5) is 5.82 Å². The smallest absolute Gasteiger partial charge is 0.335 e. The van der Waals surface area contributed by atoms with E-state index in [1.165, 1.54) is 32.1 Å². The summed E-state index contributed by atoms with van der Waals surface area (Å²) in [6.45, 7) is 2.86. The minimum Gasteiger partial charge on any atom is -0.478 e. The molecule has 1 aliphatic carbocycles. The molecule has 1 aliphatic rings. The Kier molecular flexibility index (Phi) is 5.39. The molecule has 1 aromatic rings. The van der Waals surface area contributed by atoms with Gasteiger partial charge in [0, 0.05) is 12.2 Å². The van der Waals surface area contributed by atoms with Crippen molar-refractivity contribution < 1.29 is 9.90 Å². The summed E-state index contributed by atoms with van der Waals surface area (Å²) in [6, 6.07) is 3.27. The number of anilines is 1. The standard InChI is InChI=1S/C16H24N2O2/c1-2-14-10-13(16(19)20)11-15(18-14)17-9-8-12-6-4-3-5-7-12/h10-12H,2-9H2,1H3,(H,17,18)(H,19,20). The number of pyridine rings is 1. The minimum absolute atomic E-state index is 0.317. The van der Waals surface area contributed by atoms with E-state index in [9.17, 15) is 4.79 Å². The van der Waals surface area contributed by atoms with Crippen molar-refractivity contribution in [1.82, 2.24) is 4.98 Å². The summed E-state index contributed by atoms with van der Waals surface area (Å²) in [7, 11) is 0. The molecule has 1 aromatic heterocycles. The minimum atomic E-state index is -0.891. The van der Waals surface area contributed by atoms with Gasteiger partial charge in [-0.15, -0.1) is 0 Å². The Bertz CT molecular complexity index is 454. The molecule has 0 saturated heterocycles. The number of hydrogen-bond donors (Lipinski definition) is 2. The molecule has 1 fully saturated rings. The molecule has 4 nitrogen and oxygen atoms in total. The lowest BCUT2D eigenvalue weighted by Crippen LogP contribution is -2.13. The van der Waals surface area contributed by atoms with E-state index in [-0.39, 0.29) is 0 Å². The topological polar surface area (TPSA) is 62.2 Å². The van der Waals surface area contributed by atoms with E-state index in [1.54, 1.807) is 12.1 Å². The zero-order valence-corrected chi connectivity index (χ0v) is 12.2. The molecule has 110 valence electrons. The van der Waals surface area contributed by atoms with Crippen LogP contribution in [0.1, 0.15) is 61.5 Å². The molecule has 0 unspecified atom stereocenters. The lowest BCUT2D eigenvalue weighted by molar-refractivity contribution is 0.0696. The average molecular weight is 276 g/mol. The van der Waals surface area contributed by atoms with Gasteiger partial charge in [0.15, 0.2) is 0 Å². The summed E-state index contributed by atoms with van der Waals surface area (Å²) in [5.41, 5.74) is 1.14. The second-order valence-corrected chi connectivity index (χ2v) is 5.61. The molecule has 0 aliphatic heterocycles. The fourth-order valence-electron chi connectivity index (χ4n) is 2.86. The second kappa shape index (κ2) is 7.27. The van der Waals surface area contributed by atoms with Crippen molar-refractivity contribution in [2.45, 2.75) is 51.9 Å². The van der Waals surface area contributed by atoms with E-state index in [0.29, 0.717) is 11.4 Å². The zero-order valence-electron chi connectivity index (χ0n) is 12.2. The second-order valence-electron chi connectivity index (χ2n) is 5.61. The summed E-state index contributed by atoms with van der Waals surface area (Å²) in [4.78, 5) is 15.5. The highest BCUT2D eigenvalue weighted by atomic mass is 16.4. The van der Waals surface area contributed by atoms with Gasteiger partial charge in [-0.25, -0.2) is 9.78 Å². The van der Waals surface area contributed by atoms with Crippen molar-refractivity contribution in [2.75, 3.05) is 11.9 Å². The molecule has 1 saturated carbocycles. The van der Waals surface area contributed by atoms with Crippen LogP contribution in [0.2, 0.25) is 0 Å². The van der Waals surface area contributed by atoms with Gasteiger partial charge in [-0.05, 0) is 30.9 Å². The molecule has 2 rings (SSSR count). The van der Waals surface area contributed by atoms with E-state index < -0.39 is 5.97 Å². The number of carbonyl (C=O) groups is 1. The van der Waals surface area contributed by atoms with Crippen LogP contribution in [-0.4, -0.2) is 22.6 Å². The van der Waals surface area contributed by atoms with Crippen LogP contribution >= 0.6 is 0 Å². The van der Waals surface area contributed by atoms with E-state index in [2.05, 4.69) is 10.3 Å². The molecule has 0 spiro atoms. The Morgan fingerprint density at radius 1 is 1.35 bits per heavy atom. The summed E-state index contributed by atoms with van der Waals surface area (Å²) in [5, 5.41) is 12.4. The van der Waals surface area contributed by atoms with E-state index in [4.69, 9.17) is 5.11 Å². The summed E-state index contributed by atoms with van der Waals surface area (Å²) in [5.74, 6) is 0.625. The number of aromatic nitrogens is 1. The Morgan fingerprint density at radius 3 is 2.75 bits per heavy atom. The van der Waals surface area contributed by atoms with Crippen LogP contribution < -0.4 is 5.32 Å². The van der Waals surface area contributed by atoms with E-state index >= 15 is 0 Å².